The van der Waals surface area contributed by atoms with Gasteiger partial charge in [-0.2, -0.15) is 5.26 Å². The minimum atomic E-state index is 0.632. The highest BCUT2D eigenvalue weighted by atomic mass is 14.8. The zero-order valence-corrected chi connectivity index (χ0v) is 26.2. The summed E-state index contributed by atoms with van der Waals surface area (Å²) in [6.45, 7) is 20.4. The van der Waals surface area contributed by atoms with Gasteiger partial charge < -0.3 is 5.32 Å². The molecule has 3 aliphatic rings. The van der Waals surface area contributed by atoms with Gasteiger partial charge in [0, 0.05) is 19.2 Å². The first-order valence-corrected chi connectivity index (χ1v) is 15.9. The third-order valence-corrected chi connectivity index (χ3v) is 9.14. The summed E-state index contributed by atoms with van der Waals surface area (Å²) in [5.74, 6) is 4.92. The molecule has 2 heteroatoms. The monoisotopic (exact) mass is 501 g/mol. The van der Waals surface area contributed by atoms with Gasteiger partial charge in [-0.15, -0.1) is 0 Å². The van der Waals surface area contributed by atoms with Gasteiger partial charge in [-0.05, 0) is 73.2 Å². The van der Waals surface area contributed by atoms with Crippen LogP contribution in [-0.2, 0) is 0 Å². The summed E-state index contributed by atoms with van der Waals surface area (Å²) in [5.41, 5.74) is 2.42. The summed E-state index contributed by atoms with van der Waals surface area (Å²) >= 11 is 0. The molecule has 1 N–H and O–H groups in total. The van der Waals surface area contributed by atoms with Crippen LogP contribution in [0.4, 0.5) is 0 Å². The van der Waals surface area contributed by atoms with Crippen LogP contribution in [0.1, 0.15) is 146 Å². The van der Waals surface area contributed by atoms with Crippen LogP contribution in [0.5, 0.6) is 0 Å². The van der Waals surface area contributed by atoms with Crippen LogP contribution in [0, 0.1) is 46.3 Å². The Labute approximate surface area is 227 Å². The van der Waals surface area contributed by atoms with E-state index in [0.29, 0.717) is 5.41 Å². The average molecular weight is 501 g/mol. The van der Waals surface area contributed by atoms with Gasteiger partial charge in [0.2, 0.25) is 0 Å². The van der Waals surface area contributed by atoms with Crippen molar-refractivity contribution in [2.24, 2.45) is 35.0 Å². The first-order chi connectivity index (χ1) is 17.4. The van der Waals surface area contributed by atoms with E-state index in [1.807, 2.05) is 46.9 Å². The molecule has 5 atom stereocenters. The second-order valence-corrected chi connectivity index (χ2v) is 11.5. The molecule has 0 aromatic rings. The minimum absolute atomic E-state index is 0.632. The van der Waals surface area contributed by atoms with E-state index in [9.17, 15) is 0 Å². The van der Waals surface area contributed by atoms with E-state index in [1.54, 1.807) is 12.8 Å². The highest BCUT2D eigenvalue weighted by molar-refractivity contribution is 5.42. The molecule has 210 valence electrons. The van der Waals surface area contributed by atoms with Gasteiger partial charge in [0.15, 0.2) is 0 Å². The van der Waals surface area contributed by atoms with E-state index in [4.69, 9.17) is 5.26 Å². The molecule has 0 saturated heterocycles. The lowest BCUT2D eigenvalue weighted by molar-refractivity contribution is 0.0847. The number of hydrogen-bond acceptors (Lipinski definition) is 2. The third-order valence-electron chi connectivity index (χ3n) is 9.14. The van der Waals surface area contributed by atoms with Crippen LogP contribution in [0.25, 0.3) is 0 Å². The van der Waals surface area contributed by atoms with Crippen molar-refractivity contribution < 1.29 is 0 Å². The smallest absolute Gasteiger partial charge is 0.101 e. The van der Waals surface area contributed by atoms with Crippen LogP contribution < -0.4 is 5.32 Å². The molecule has 0 radical (unpaired) electrons. The van der Waals surface area contributed by atoms with Crippen molar-refractivity contribution in [3.63, 3.8) is 0 Å². The van der Waals surface area contributed by atoms with Crippen molar-refractivity contribution >= 4 is 0 Å². The number of hydrogen-bond donors (Lipinski definition) is 1. The Hall–Kier alpha value is -1.23. The van der Waals surface area contributed by atoms with Crippen molar-refractivity contribution in [2.75, 3.05) is 7.05 Å². The van der Waals surface area contributed by atoms with E-state index in [-0.39, 0.29) is 0 Å². The number of allylic oxidation sites excluding steroid dienone is 3. The van der Waals surface area contributed by atoms with Crippen LogP contribution in [0.2, 0.25) is 0 Å². The number of rotatable bonds is 7. The molecule has 0 heterocycles. The van der Waals surface area contributed by atoms with Gasteiger partial charge in [0.25, 0.3) is 0 Å². The van der Waals surface area contributed by atoms with E-state index >= 15 is 0 Å². The first kappa shape index (κ1) is 34.8. The van der Waals surface area contributed by atoms with E-state index in [1.165, 1.54) is 64.2 Å². The molecule has 0 bridgehead atoms. The van der Waals surface area contributed by atoms with E-state index < -0.39 is 0 Å². The van der Waals surface area contributed by atoms with E-state index in [2.05, 4.69) is 46.0 Å². The van der Waals surface area contributed by atoms with E-state index in [0.717, 1.165) is 47.3 Å². The number of nitrogens with one attached hydrogen (secondary N) is 1. The van der Waals surface area contributed by atoms with Crippen molar-refractivity contribution in [3.8, 4) is 6.07 Å². The predicted molar refractivity (Wildman–Crippen MR) is 162 cm³/mol. The Bertz CT molecular complexity index is 653. The van der Waals surface area contributed by atoms with Gasteiger partial charge in [-0.3, -0.25) is 0 Å². The van der Waals surface area contributed by atoms with Crippen LogP contribution in [0.3, 0.4) is 0 Å². The van der Waals surface area contributed by atoms with Gasteiger partial charge in [0.1, 0.15) is 6.07 Å². The summed E-state index contributed by atoms with van der Waals surface area (Å²) in [4.78, 5) is 0. The topological polar surface area (TPSA) is 35.8 Å². The lowest BCUT2D eigenvalue weighted by atomic mass is 9.64. The fourth-order valence-electron chi connectivity index (χ4n) is 7.34. The lowest BCUT2D eigenvalue weighted by Crippen LogP contribution is -2.33. The molecule has 0 spiro atoms. The Morgan fingerprint density at radius 3 is 2.14 bits per heavy atom. The maximum Gasteiger partial charge on any atom is 0.101 e. The molecule has 4 unspecified atom stereocenters. The quantitative estimate of drug-likeness (QED) is 0.377. The highest BCUT2D eigenvalue weighted by Gasteiger charge is 2.47. The summed E-state index contributed by atoms with van der Waals surface area (Å²) in [6.07, 6.45) is 22.6. The van der Waals surface area contributed by atoms with Crippen molar-refractivity contribution in [1.29, 1.82) is 5.26 Å². The summed E-state index contributed by atoms with van der Waals surface area (Å²) in [5, 5.41) is 11.4. The van der Waals surface area contributed by atoms with Crippen molar-refractivity contribution in [3.05, 3.63) is 23.4 Å². The zero-order chi connectivity index (χ0) is 27.6. The Kier molecular flexibility index (Phi) is 19.1. The van der Waals surface area contributed by atoms with Crippen molar-refractivity contribution in [1.82, 2.24) is 5.32 Å². The Balaban J connectivity index is 0.000000783. The van der Waals surface area contributed by atoms with Gasteiger partial charge >= 0.3 is 0 Å². The molecule has 36 heavy (non-hydrogen) atoms. The third kappa shape index (κ3) is 10.6. The van der Waals surface area contributed by atoms with Crippen molar-refractivity contribution in [2.45, 2.75) is 146 Å². The van der Waals surface area contributed by atoms with Gasteiger partial charge in [0.05, 0.1) is 5.57 Å². The van der Waals surface area contributed by atoms with Crippen LogP contribution in [0.15, 0.2) is 23.4 Å². The molecule has 2 saturated carbocycles. The SMILES string of the molecule is CC.CC.CCCC1(C)C(CC2CCCCC[C@H](CC)C2)CCC1C(C)C.CNC1=C(C#N)C=CC1. The molecule has 3 rings (SSSR count). The molecular formula is C34H64N2. The first-order valence-electron chi connectivity index (χ1n) is 15.9. The maximum absolute atomic E-state index is 8.47. The minimum Gasteiger partial charge on any atom is -0.390 e. The predicted octanol–water partition coefficient (Wildman–Crippen LogP) is 10.9. The zero-order valence-electron chi connectivity index (χ0n) is 26.2. The molecule has 2 nitrogen and oxygen atoms in total. The molecule has 0 amide bonds. The Morgan fingerprint density at radius 1 is 1.00 bits per heavy atom. The second kappa shape index (κ2) is 19.8. The van der Waals surface area contributed by atoms with Crippen LogP contribution >= 0.6 is 0 Å². The van der Waals surface area contributed by atoms with Gasteiger partial charge in [-0.1, -0.05) is 113 Å². The second-order valence-electron chi connectivity index (χ2n) is 11.5. The fraction of sp³-hybridized carbons (Fsp3) is 0.853. The van der Waals surface area contributed by atoms with Gasteiger partial charge in [-0.25, -0.2) is 0 Å². The maximum atomic E-state index is 8.47. The molecular weight excluding hydrogens is 436 g/mol. The molecule has 0 aromatic heterocycles. The lowest BCUT2D eigenvalue weighted by Gasteiger charge is -2.41. The normalized spacial score (nSPS) is 29.5. The summed E-state index contributed by atoms with van der Waals surface area (Å²) in [7, 11) is 1.83. The number of nitrogens with zero attached hydrogens (tertiary/aromatic N) is 1. The molecule has 3 aliphatic carbocycles. The largest absolute Gasteiger partial charge is 0.390 e. The fourth-order valence-corrected chi connectivity index (χ4v) is 7.34. The van der Waals surface area contributed by atoms with Crippen LogP contribution in [-0.4, -0.2) is 7.05 Å². The standard InChI is InChI=1S/C23H44.C7H8N2.2C2H6/c1-6-15-23(5)21(13-14-22(23)18(3)4)17-20-12-10-8-9-11-19(7-2)16-20;1-9-7-4-2-3-6(7)5-8;2*1-2/h18-22H,6-17H2,1-5H3;2-3,9H,4H2,1H3;2*1-2H3/t19-,20?,21?,22?,23?;;;/m0.../s1. The molecule has 0 aliphatic heterocycles. The number of nitriles is 1. The average Bonchev–Trinajstić information content (AvgIpc) is 3.47. The summed E-state index contributed by atoms with van der Waals surface area (Å²) in [6, 6.07) is 2.10. The molecule has 2 fully saturated rings. The highest BCUT2D eigenvalue weighted by Crippen LogP contribution is 2.56. The Morgan fingerprint density at radius 2 is 1.64 bits per heavy atom. The summed E-state index contributed by atoms with van der Waals surface area (Å²) < 4.78 is 0. The molecule has 0 aromatic carbocycles.